The number of hydrogen-bond donors (Lipinski definition) is 4. The zero-order valence-corrected chi connectivity index (χ0v) is 39.4. The molecular formula is C51H67N11O5. The van der Waals surface area contributed by atoms with Crippen LogP contribution in [0.5, 0.6) is 5.75 Å². The predicted octanol–water partition coefficient (Wildman–Crippen LogP) is 4.54. The van der Waals surface area contributed by atoms with Gasteiger partial charge in [-0.2, -0.15) is 4.98 Å². The molecule has 0 radical (unpaired) electrons. The second-order valence-electron chi connectivity index (χ2n) is 19.1. The fourth-order valence-electron chi connectivity index (χ4n) is 11.2. The van der Waals surface area contributed by atoms with Gasteiger partial charge in [-0.1, -0.05) is 43.7 Å². The van der Waals surface area contributed by atoms with Crippen molar-refractivity contribution < 1.29 is 23.9 Å². The summed E-state index contributed by atoms with van der Waals surface area (Å²) in [6, 6.07) is 12.1. The third-order valence-electron chi connectivity index (χ3n) is 15.0. The van der Waals surface area contributed by atoms with Gasteiger partial charge in [0.2, 0.25) is 23.7 Å². The van der Waals surface area contributed by atoms with Gasteiger partial charge < -0.3 is 30.5 Å². The van der Waals surface area contributed by atoms with Crippen molar-refractivity contribution in [3.8, 4) is 17.6 Å². The van der Waals surface area contributed by atoms with Crippen molar-refractivity contribution in [3.63, 3.8) is 0 Å². The Morgan fingerprint density at radius 1 is 0.925 bits per heavy atom. The second kappa shape index (κ2) is 21.1. The van der Waals surface area contributed by atoms with Crippen LogP contribution >= 0.6 is 0 Å². The molecule has 2 atom stereocenters. The zero-order chi connectivity index (χ0) is 46.4. The molecule has 1 unspecified atom stereocenters. The molecule has 6 aliphatic rings. The standard InChI is InChI=1S/C51H67N11O5/c1-4-42-50(66)58(2)44-31-53-51(57-47(44)62(42)39-13-5-6-14-39)55-41-20-15-35(30-45(41)67-3)48(64)54-37-16-18-38(19-17-37)60-28-26-59(27-29-60)25-24-52-23-8-7-10-34-11-9-12-36-32-61(33-40(34)36)43-21-22-46(63)56-49(43)65/h9,11-12,15,20,30-31,37-39,42-43,52H,4-6,8,13-14,16-19,21-29,32-33H2,1-3H3,(H,54,64)(H,53,55,57)(H,56,63,65)/t37?,38?,42-,43?/m1/s1. The first-order valence-electron chi connectivity index (χ1n) is 24.7. The van der Waals surface area contributed by atoms with Gasteiger partial charge in [0.25, 0.3) is 5.91 Å². The van der Waals surface area contributed by atoms with Crippen LogP contribution in [0.25, 0.3) is 0 Å². The number of piperazine rings is 1. The minimum Gasteiger partial charge on any atom is -0.495 e. The van der Waals surface area contributed by atoms with Crippen molar-refractivity contribution in [2.24, 2.45) is 0 Å². The van der Waals surface area contributed by atoms with Crippen molar-refractivity contribution in [2.45, 2.75) is 127 Å². The summed E-state index contributed by atoms with van der Waals surface area (Å²) >= 11 is 0. The number of amides is 4. The highest BCUT2D eigenvalue weighted by Crippen LogP contribution is 2.40. The number of rotatable bonds is 14. The van der Waals surface area contributed by atoms with Gasteiger partial charge in [0, 0.05) is 108 Å². The first-order chi connectivity index (χ1) is 32.7. The van der Waals surface area contributed by atoms with Crippen LogP contribution < -0.4 is 35.8 Å². The lowest BCUT2D eigenvalue weighted by atomic mass is 9.89. The van der Waals surface area contributed by atoms with E-state index in [1.807, 2.05) is 18.2 Å². The number of nitrogens with one attached hydrogen (secondary N) is 4. The number of carbonyl (C=O) groups is 4. The fourth-order valence-corrected chi connectivity index (χ4v) is 11.2. The van der Waals surface area contributed by atoms with Crippen LogP contribution in [-0.4, -0.2) is 138 Å². The van der Waals surface area contributed by atoms with E-state index in [9.17, 15) is 19.2 Å². The molecule has 2 saturated heterocycles. The predicted molar refractivity (Wildman–Crippen MR) is 258 cm³/mol. The SMILES string of the molecule is CC[C@@H]1C(=O)N(C)c2cnc(Nc3ccc(C(=O)NC4CCC(N5CCN(CCNCCC#Cc6cccc7c6CN(C6CCC(=O)NC6=O)C7)CC5)CC4)cc3OC)nc2N1C1CCCC1. The van der Waals surface area contributed by atoms with E-state index >= 15 is 0 Å². The van der Waals surface area contributed by atoms with Gasteiger partial charge in [0.1, 0.15) is 17.5 Å². The summed E-state index contributed by atoms with van der Waals surface area (Å²) in [5.74, 6) is 8.07. The summed E-state index contributed by atoms with van der Waals surface area (Å²) in [6.45, 7) is 10.5. The maximum absolute atomic E-state index is 13.5. The number of aromatic nitrogens is 2. The van der Waals surface area contributed by atoms with Gasteiger partial charge in [-0.3, -0.25) is 39.2 Å². The average molecular weight is 914 g/mol. The highest BCUT2D eigenvalue weighted by atomic mass is 16.5. The summed E-state index contributed by atoms with van der Waals surface area (Å²) in [7, 11) is 3.40. The Balaban J connectivity index is 0.681. The van der Waals surface area contributed by atoms with E-state index in [1.54, 1.807) is 31.3 Å². The molecule has 5 heterocycles. The van der Waals surface area contributed by atoms with E-state index in [2.05, 4.69) is 76.7 Å². The van der Waals surface area contributed by atoms with Crippen molar-refractivity contribution in [1.29, 1.82) is 0 Å². The first kappa shape index (κ1) is 46.5. The Labute approximate surface area is 394 Å². The van der Waals surface area contributed by atoms with Crippen molar-refractivity contribution >= 4 is 46.8 Å². The summed E-state index contributed by atoms with van der Waals surface area (Å²) < 4.78 is 5.76. The van der Waals surface area contributed by atoms with Gasteiger partial charge >= 0.3 is 0 Å². The molecule has 2 aromatic carbocycles. The van der Waals surface area contributed by atoms with E-state index in [1.165, 1.54) is 11.1 Å². The third kappa shape index (κ3) is 10.5. The van der Waals surface area contributed by atoms with Gasteiger partial charge in [-0.15, -0.1) is 0 Å². The summed E-state index contributed by atoms with van der Waals surface area (Å²) in [5.41, 5.74) is 5.37. The van der Waals surface area contributed by atoms with Crippen LogP contribution in [0.4, 0.5) is 23.1 Å². The Morgan fingerprint density at radius 3 is 2.49 bits per heavy atom. The van der Waals surface area contributed by atoms with Crippen LogP contribution in [0.2, 0.25) is 0 Å². The second-order valence-corrected chi connectivity index (χ2v) is 19.1. The molecule has 67 heavy (non-hydrogen) atoms. The smallest absolute Gasteiger partial charge is 0.251 e. The van der Waals surface area contributed by atoms with Gasteiger partial charge in [0.05, 0.1) is 25.0 Å². The molecule has 3 aromatic rings. The zero-order valence-electron chi connectivity index (χ0n) is 39.4. The molecule has 4 amide bonds. The lowest BCUT2D eigenvalue weighted by Gasteiger charge is -2.43. The number of ether oxygens (including phenoxy) is 1. The Kier molecular flexibility index (Phi) is 14.7. The lowest BCUT2D eigenvalue weighted by Crippen LogP contribution is -2.55. The molecule has 4 aliphatic heterocycles. The average Bonchev–Trinajstić information content (AvgIpc) is 4.04. The van der Waals surface area contributed by atoms with Crippen molar-refractivity contribution in [1.82, 2.24) is 40.6 Å². The third-order valence-corrected chi connectivity index (χ3v) is 15.0. The molecule has 0 spiro atoms. The maximum atomic E-state index is 13.5. The quantitative estimate of drug-likeness (QED) is 0.101. The molecule has 16 heteroatoms. The van der Waals surface area contributed by atoms with Gasteiger partial charge in [-0.25, -0.2) is 4.98 Å². The molecule has 356 valence electrons. The maximum Gasteiger partial charge on any atom is 0.251 e. The van der Waals surface area contributed by atoms with Crippen LogP contribution in [0.3, 0.4) is 0 Å². The molecule has 0 bridgehead atoms. The molecule has 4 fully saturated rings. The first-order valence-corrected chi connectivity index (χ1v) is 24.7. The van der Waals surface area contributed by atoms with E-state index in [-0.39, 0.29) is 47.8 Å². The number of methoxy groups -OCH3 is 1. The summed E-state index contributed by atoms with van der Waals surface area (Å²) in [6.07, 6.45) is 12.6. The van der Waals surface area contributed by atoms with Crippen molar-refractivity contribution in [2.75, 3.05) is 75.1 Å². The van der Waals surface area contributed by atoms with Crippen LogP contribution in [0.15, 0.2) is 42.6 Å². The van der Waals surface area contributed by atoms with E-state index in [0.717, 1.165) is 121 Å². The summed E-state index contributed by atoms with van der Waals surface area (Å²) in [5, 5.41) is 12.7. The molecule has 9 rings (SSSR count). The molecular weight excluding hydrogens is 847 g/mol. The van der Waals surface area contributed by atoms with Crippen LogP contribution in [0, 0.1) is 11.8 Å². The number of likely N-dealkylation sites (N-methyl/N-ethyl adjacent to an activating group) is 1. The van der Waals surface area contributed by atoms with Crippen molar-refractivity contribution in [3.05, 3.63) is 64.8 Å². The van der Waals surface area contributed by atoms with E-state index in [0.29, 0.717) is 61.3 Å². The number of piperidine rings is 1. The molecule has 2 saturated carbocycles. The number of carbonyl (C=O) groups excluding carboxylic acids is 4. The molecule has 4 N–H and O–H groups in total. The normalized spacial score (nSPS) is 23.9. The van der Waals surface area contributed by atoms with E-state index in [4.69, 9.17) is 9.72 Å². The summed E-state index contributed by atoms with van der Waals surface area (Å²) in [4.78, 5) is 71.8. The highest BCUT2D eigenvalue weighted by Gasteiger charge is 2.41. The number of nitrogens with zero attached hydrogens (tertiary/aromatic N) is 7. The Hall–Kier alpha value is -5.60. The highest BCUT2D eigenvalue weighted by molar-refractivity contribution is 6.04. The van der Waals surface area contributed by atoms with Crippen LogP contribution in [0.1, 0.15) is 111 Å². The number of hydrogen-bond acceptors (Lipinski definition) is 13. The lowest BCUT2D eigenvalue weighted by molar-refractivity contribution is -0.137. The van der Waals surface area contributed by atoms with Crippen LogP contribution in [-0.2, 0) is 27.5 Å². The minimum atomic E-state index is -0.265. The fraction of sp³-hybridized carbons (Fsp3) is 0.569. The Morgan fingerprint density at radius 2 is 1.73 bits per heavy atom. The number of anilines is 4. The molecule has 1 aromatic heterocycles. The topological polar surface area (TPSA) is 168 Å². The number of fused-ring (bicyclic) bond motifs is 2. The van der Waals surface area contributed by atoms with Gasteiger partial charge in [0.15, 0.2) is 5.82 Å². The Bertz CT molecular complexity index is 2360. The number of imide groups is 1. The van der Waals surface area contributed by atoms with E-state index < -0.39 is 0 Å². The molecule has 16 nitrogen and oxygen atoms in total. The number of benzene rings is 2. The molecule has 2 aliphatic carbocycles. The largest absolute Gasteiger partial charge is 0.495 e. The minimum absolute atomic E-state index is 0.0813. The monoisotopic (exact) mass is 914 g/mol. The van der Waals surface area contributed by atoms with Gasteiger partial charge in [-0.05, 0) is 86.8 Å².